The molecule has 0 saturated heterocycles. The Morgan fingerprint density at radius 3 is 2.24 bits per heavy atom. The molecule has 0 saturated carbocycles. The summed E-state index contributed by atoms with van der Waals surface area (Å²) in [6.45, 7) is 10.6. The summed E-state index contributed by atoms with van der Waals surface area (Å²) in [7, 11) is 7.43. The van der Waals surface area contributed by atoms with E-state index in [1.165, 1.54) is 0 Å². The van der Waals surface area contributed by atoms with Crippen molar-refractivity contribution in [1.29, 1.82) is 0 Å². The Kier molecular flexibility index (Phi) is 7.23. The fourth-order valence-corrected chi connectivity index (χ4v) is 2.02. The monoisotopic (exact) mass is 347 g/mol. The van der Waals surface area contributed by atoms with Gasteiger partial charge in [-0.15, -0.1) is 0 Å². The molecule has 1 aromatic rings. The first-order valence-corrected chi connectivity index (χ1v) is 8.59. The Hall–Kier alpha value is -1.37. The maximum atomic E-state index is 12.6. The van der Waals surface area contributed by atoms with Gasteiger partial charge in [-0.1, -0.05) is 17.6 Å². The van der Waals surface area contributed by atoms with Crippen LogP contribution in [0.1, 0.15) is 43.6 Å². The van der Waals surface area contributed by atoms with Crippen LogP contribution in [0.5, 0.6) is 0 Å². The highest BCUT2D eigenvalue weighted by Gasteiger charge is 2.35. The van der Waals surface area contributed by atoms with Crippen LogP contribution in [-0.4, -0.2) is 73.7 Å². The summed E-state index contributed by atoms with van der Waals surface area (Å²) >= 11 is 0. The molecular formula is C19H32BN2O3. The smallest absolute Gasteiger partial charge is 0.330 e. The minimum Gasteiger partial charge on any atom is -0.427 e. The lowest BCUT2D eigenvalue weighted by atomic mass is 9.81. The van der Waals surface area contributed by atoms with Crippen LogP contribution in [0, 0.1) is 6.92 Å². The van der Waals surface area contributed by atoms with E-state index in [0.717, 1.165) is 17.6 Å². The number of carbonyl (C=O) groups is 1. The minimum absolute atomic E-state index is 0.0173. The van der Waals surface area contributed by atoms with Crippen LogP contribution in [0.3, 0.4) is 0 Å². The molecule has 25 heavy (non-hydrogen) atoms. The average molecular weight is 347 g/mol. The van der Waals surface area contributed by atoms with Gasteiger partial charge in [-0.25, -0.2) is 0 Å². The number of hydrogen-bond donors (Lipinski definition) is 1. The van der Waals surface area contributed by atoms with Crippen LogP contribution in [0.4, 0.5) is 0 Å². The summed E-state index contributed by atoms with van der Waals surface area (Å²) in [5.74, 6) is 0.0173. The number of rotatable bonds is 8. The van der Waals surface area contributed by atoms with Crippen molar-refractivity contribution >= 4 is 18.9 Å². The van der Waals surface area contributed by atoms with Crippen molar-refractivity contribution in [2.75, 3.05) is 34.2 Å². The molecular weight excluding hydrogens is 315 g/mol. The van der Waals surface area contributed by atoms with E-state index >= 15 is 0 Å². The number of amides is 1. The van der Waals surface area contributed by atoms with E-state index in [1.807, 2.05) is 60.1 Å². The summed E-state index contributed by atoms with van der Waals surface area (Å²) in [6, 6.07) is 5.62. The summed E-state index contributed by atoms with van der Waals surface area (Å²) in [6.07, 6.45) is 0. The van der Waals surface area contributed by atoms with Crippen molar-refractivity contribution in [3.05, 3.63) is 29.3 Å². The van der Waals surface area contributed by atoms with E-state index in [9.17, 15) is 9.90 Å². The van der Waals surface area contributed by atoms with Crippen molar-refractivity contribution < 1.29 is 14.6 Å². The second-order valence-electron chi connectivity index (χ2n) is 7.91. The minimum atomic E-state index is -0.969. The quantitative estimate of drug-likeness (QED) is 0.723. The number of aliphatic hydroxyl groups is 1. The molecule has 6 heteroatoms. The Morgan fingerprint density at radius 2 is 1.76 bits per heavy atom. The SMILES string of the molecule is Cc1cc([B]OC(C)(C)C(C)(C)O)ccc1C(=O)N(C)CCN(C)C. The van der Waals surface area contributed by atoms with E-state index < -0.39 is 11.2 Å². The lowest BCUT2D eigenvalue weighted by Crippen LogP contribution is -2.49. The lowest BCUT2D eigenvalue weighted by Gasteiger charge is -2.37. The molecule has 0 fully saturated rings. The van der Waals surface area contributed by atoms with Gasteiger partial charge in [-0.3, -0.25) is 4.79 Å². The first-order valence-electron chi connectivity index (χ1n) is 8.59. The van der Waals surface area contributed by atoms with Crippen molar-refractivity contribution in [3.8, 4) is 0 Å². The predicted molar refractivity (Wildman–Crippen MR) is 104 cm³/mol. The molecule has 1 radical (unpaired) electrons. The Balaban J connectivity index is 2.79. The summed E-state index contributed by atoms with van der Waals surface area (Å²) in [5, 5.41) is 10.1. The molecule has 0 heterocycles. The highest BCUT2D eigenvalue weighted by atomic mass is 16.5. The number of likely N-dealkylation sites (N-methyl/N-ethyl adjacent to an activating group) is 2. The first-order chi connectivity index (χ1) is 11.3. The molecule has 1 rings (SSSR count). The maximum absolute atomic E-state index is 12.6. The molecule has 0 bridgehead atoms. The summed E-state index contributed by atoms with van der Waals surface area (Å²) in [4.78, 5) is 16.4. The van der Waals surface area contributed by atoms with E-state index in [4.69, 9.17) is 4.65 Å². The van der Waals surface area contributed by atoms with Gasteiger partial charge in [0.25, 0.3) is 5.91 Å². The maximum Gasteiger partial charge on any atom is 0.330 e. The van der Waals surface area contributed by atoms with Gasteiger partial charge in [-0.2, -0.15) is 0 Å². The molecule has 0 atom stereocenters. The van der Waals surface area contributed by atoms with Crippen molar-refractivity contribution in [1.82, 2.24) is 9.80 Å². The lowest BCUT2D eigenvalue weighted by molar-refractivity contribution is -0.0893. The van der Waals surface area contributed by atoms with Crippen molar-refractivity contribution in [2.24, 2.45) is 0 Å². The van der Waals surface area contributed by atoms with Crippen molar-refractivity contribution in [2.45, 2.75) is 45.8 Å². The second-order valence-corrected chi connectivity index (χ2v) is 7.91. The molecule has 1 amide bonds. The molecule has 5 nitrogen and oxygen atoms in total. The van der Waals surface area contributed by atoms with E-state index in [2.05, 4.69) is 4.90 Å². The molecule has 1 aromatic carbocycles. The summed E-state index contributed by atoms with van der Waals surface area (Å²) < 4.78 is 5.77. The Morgan fingerprint density at radius 1 is 1.16 bits per heavy atom. The Labute approximate surface area is 153 Å². The van der Waals surface area contributed by atoms with E-state index in [0.29, 0.717) is 12.1 Å². The molecule has 0 aliphatic rings. The largest absolute Gasteiger partial charge is 0.427 e. The van der Waals surface area contributed by atoms with Gasteiger partial charge < -0.3 is 19.6 Å². The predicted octanol–water partition coefficient (Wildman–Crippen LogP) is 1.44. The third-order valence-electron chi connectivity index (χ3n) is 4.67. The third kappa shape index (κ3) is 6.14. The van der Waals surface area contributed by atoms with Crippen LogP contribution in [0.15, 0.2) is 18.2 Å². The zero-order valence-electron chi connectivity index (χ0n) is 16.9. The van der Waals surface area contributed by atoms with Gasteiger partial charge in [0.1, 0.15) is 0 Å². The van der Waals surface area contributed by atoms with Crippen LogP contribution in [0.25, 0.3) is 0 Å². The summed E-state index contributed by atoms with van der Waals surface area (Å²) in [5.41, 5.74) is 0.772. The standard InChI is InChI=1S/C19H32BN2O3/c1-14-13-15(20-25-19(4,5)18(2,3)24)9-10-16(14)17(23)22(8)12-11-21(6)7/h9-10,13,24H,11-12H2,1-8H3. The molecule has 0 unspecified atom stereocenters. The number of nitrogens with zero attached hydrogens (tertiary/aromatic N) is 2. The van der Waals surface area contributed by atoms with E-state index in [1.54, 1.807) is 26.2 Å². The molecule has 139 valence electrons. The van der Waals surface area contributed by atoms with Crippen molar-refractivity contribution in [3.63, 3.8) is 0 Å². The van der Waals surface area contributed by atoms with Gasteiger partial charge in [0.15, 0.2) is 0 Å². The van der Waals surface area contributed by atoms with Crippen LogP contribution in [-0.2, 0) is 4.65 Å². The van der Waals surface area contributed by atoms with E-state index in [-0.39, 0.29) is 5.91 Å². The zero-order chi connectivity index (χ0) is 19.4. The number of aryl methyl sites for hydroxylation is 1. The zero-order valence-corrected chi connectivity index (χ0v) is 16.9. The third-order valence-corrected chi connectivity index (χ3v) is 4.67. The normalized spacial score (nSPS) is 12.4. The van der Waals surface area contributed by atoms with Gasteiger partial charge in [0.2, 0.25) is 0 Å². The molecule has 0 aliphatic heterocycles. The van der Waals surface area contributed by atoms with Gasteiger partial charge in [0, 0.05) is 25.7 Å². The second kappa shape index (κ2) is 8.34. The van der Waals surface area contributed by atoms with Gasteiger partial charge in [0.05, 0.1) is 11.2 Å². The molecule has 0 aromatic heterocycles. The highest BCUT2D eigenvalue weighted by molar-refractivity contribution is 6.47. The van der Waals surface area contributed by atoms with Crippen LogP contribution in [0.2, 0.25) is 0 Å². The number of hydrogen-bond acceptors (Lipinski definition) is 4. The highest BCUT2D eigenvalue weighted by Crippen LogP contribution is 2.24. The Bertz CT molecular complexity index is 595. The average Bonchev–Trinajstić information content (AvgIpc) is 2.49. The fraction of sp³-hybridized carbons (Fsp3) is 0.632. The van der Waals surface area contributed by atoms with Crippen LogP contribution >= 0.6 is 0 Å². The van der Waals surface area contributed by atoms with Gasteiger partial charge >= 0.3 is 7.48 Å². The molecule has 0 aliphatic carbocycles. The number of benzene rings is 1. The topological polar surface area (TPSA) is 53.0 Å². The first kappa shape index (κ1) is 21.7. The molecule has 1 N–H and O–H groups in total. The fourth-order valence-electron chi connectivity index (χ4n) is 2.02. The molecule has 0 spiro atoms. The van der Waals surface area contributed by atoms with Crippen LogP contribution < -0.4 is 5.46 Å². The van der Waals surface area contributed by atoms with Gasteiger partial charge in [-0.05, 0) is 60.3 Å². The number of carbonyl (C=O) groups excluding carboxylic acids is 1.